The molecule has 0 saturated carbocycles. The van der Waals surface area contributed by atoms with Crippen LogP contribution in [0.1, 0.15) is 44.5 Å². The molecule has 4 aromatic carbocycles. The van der Waals surface area contributed by atoms with E-state index in [0.29, 0.717) is 0 Å². The fraction of sp³-hybridized carbons (Fsp3) is 0.118. The molecule has 2 heteroatoms. The molecule has 0 aliphatic heterocycles. The Balaban J connectivity index is 1.69. The molecule has 0 unspecified atom stereocenters. The predicted molar refractivity (Wildman–Crippen MR) is 147 cm³/mol. The van der Waals surface area contributed by atoms with Gasteiger partial charge in [-0.25, -0.2) is 0 Å². The van der Waals surface area contributed by atoms with E-state index in [1.165, 1.54) is 0 Å². The molecule has 6 rings (SSSR count). The van der Waals surface area contributed by atoms with Crippen LogP contribution < -0.4 is 0 Å². The fourth-order valence-corrected chi connectivity index (χ4v) is 5.49. The van der Waals surface area contributed by atoms with Gasteiger partial charge in [0.25, 0.3) is 0 Å². The van der Waals surface area contributed by atoms with Gasteiger partial charge in [0, 0.05) is 36.5 Å². The van der Waals surface area contributed by atoms with E-state index in [1.54, 1.807) is 14.2 Å². The summed E-state index contributed by atoms with van der Waals surface area (Å²) < 4.78 is 12.8. The van der Waals surface area contributed by atoms with Crippen LogP contribution in [0.4, 0.5) is 0 Å². The van der Waals surface area contributed by atoms with Crippen LogP contribution >= 0.6 is 0 Å². The number of rotatable bonds is 2. The summed E-state index contributed by atoms with van der Waals surface area (Å²) >= 11 is 0. The number of ether oxygens (including phenoxy) is 2. The quantitative estimate of drug-likeness (QED) is 0.292. The van der Waals surface area contributed by atoms with E-state index in [9.17, 15) is 0 Å². The van der Waals surface area contributed by atoms with Crippen LogP contribution in [-0.2, 0) is 20.7 Å². The van der Waals surface area contributed by atoms with Gasteiger partial charge in [0.2, 0.25) is 0 Å². The van der Waals surface area contributed by atoms with Gasteiger partial charge in [-0.3, -0.25) is 0 Å². The Morgan fingerprint density at radius 2 is 0.667 bits per heavy atom. The van der Waals surface area contributed by atoms with Gasteiger partial charge in [-0.2, -0.15) is 0 Å². The minimum Gasteiger partial charge on any atom is -0.357 e. The second-order valence-electron chi connectivity index (χ2n) is 9.04. The first-order valence-corrected chi connectivity index (χ1v) is 12.1. The smallest absolute Gasteiger partial charge is 0.180 e. The average molecular weight is 467 g/mol. The van der Waals surface area contributed by atoms with Crippen molar-refractivity contribution in [3.05, 3.63) is 142 Å². The molecule has 0 aromatic heterocycles. The molecule has 0 amide bonds. The van der Waals surface area contributed by atoms with Gasteiger partial charge >= 0.3 is 0 Å². The summed E-state index contributed by atoms with van der Waals surface area (Å²) in [6.07, 6.45) is 8.57. The van der Waals surface area contributed by atoms with Gasteiger partial charge in [0.05, 0.1) is 0 Å². The SMILES string of the molecule is COC1(C#CC2(OC)c3ccccc3C=Cc3ccccc32)c2ccccc2C=Cc2ccccc21. The van der Waals surface area contributed by atoms with E-state index >= 15 is 0 Å². The third kappa shape index (κ3) is 3.29. The van der Waals surface area contributed by atoms with Crippen LogP contribution in [-0.4, -0.2) is 14.2 Å². The van der Waals surface area contributed by atoms with Crippen molar-refractivity contribution in [2.45, 2.75) is 11.2 Å². The number of methoxy groups -OCH3 is 2. The maximum atomic E-state index is 6.41. The number of hydrogen-bond donors (Lipinski definition) is 0. The van der Waals surface area contributed by atoms with Crippen molar-refractivity contribution in [2.75, 3.05) is 14.2 Å². The Morgan fingerprint density at radius 3 is 0.917 bits per heavy atom. The van der Waals surface area contributed by atoms with Crippen LogP contribution in [0, 0.1) is 11.8 Å². The molecule has 2 nitrogen and oxygen atoms in total. The maximum Gasteiger partial charge on any atom is 0.180 e. The molecule has 0 radical (unpaired) electrons. The first-order chi connectivity index (χ1) is 17.7. The molecule has 0 heterocycles. The summed E-state index contributed by atoms with van der Waals surface area (Å²) in [5.74, 6) is 7.29. The third-order valence-corrected chi connectivity index (χ3v) is 7.27. The van der Waals surface area contributed by atoms with Gasteiger partial charge < -0.3 is 9.47 Å². The Labute approximate surface area is 212 Å². The van der Waals surface area contributed by atoms with Crippen molar-refractivity contribution in [3.63, 3.8) is 0 Å². The Kier molecular flexibility index (Phi) is 5.46. The van der Waals surface area contributed by atoms with E-state index in [4.69, 9.17) is 9.47 Å². The molecule has 0 N–H and O–H groups in total. The van der Waals surface area contributed by atoms with Crippen molar-refractivity contribution in [1.29, 1.82) is 0 Å². The monoisotopic (exact) mass is 466 g/mol. The van der Waals surface area contributed by atoms with E-state index in [1.807, 2.05) is 48.5 Å². The predicted octanol–water partition coefficient (Wildman–Crippen LogP) is 7.14. The zero-order chi connectivity index (χ0) is 24.6. The zero-order valence-corrected chi connectivity index (χ0v) is 20.4. The lowest BCUT2D eigenvalue weighted by molar-refractivity contribution is 0.0643. The zero-order valence-electron chi connectivity index (χ0n) is 20.4. The molecule has 2 aliphatic carbocycles. The molecule has 0 bridgehead atoms. The highest BCUT2D eigenvalue weighted by Crippen LogP contribution is 2.43. The highest BCUT2D eigenvalue weighted by atomic mass is 16.5. The van der Waals surface area contributed by atoms with Crippen molar-refractivity contribution < 1.29 is 9.47 Å². The topological polar surface area (TPSA) is 18.5 Å². The van der Waals surface area contributed by atoms with E-state index in [2.05, 4.69) is 84.7 Å². The third-order valence-electron chi connectivity index (χ3n) is 7.27. The summed E-state index contributed by atoms with van der Waals surface area (Å²) in [5.41, 5.74) is 6.43. The van der Waals surface area contributed by atoms with Gasteiger partial charge in [-0.1, -0.05) is 133 Å². The van der Waals surface area contributed by atoms with Crippen molar-refractivity contribution in [3.8, 4) is 11.8 Å². The molecule has 2 aliphatic rings. The molecule has 0 saturated heterocycles. The Hall–Kier alpha value is -4.16. The van der Waals surface area contributed by atoms with E-state index in [-0.39, 0.29) is 0 Å². The van der Waals surface area contributed by atoms with Crippen molar-refractivity contribution >= 4 is 24.3 Å². The first kappa shape index (κ1) is 22.3. The first-order valence-electron chi connectivity index (χ1n) is 12.1. The van der Waals surface area contributed by atoms with Gasteiger partial charge in [-0.15, -0.1) is 0 Å². The second-order valence-corrected chi connectivity index (χ2v) is 9.04. The van der Waals surface area contributed by atoms with Crippen LogP contribution in [0.2, 0.25) is 0 Å². The van der Waals surface area contributed by atoms with E-state index in [0.717, 1.165) is 44.5 Å². The number of hydrogen-bond acceptors (Lipinski definition) is 2. The van der Waals surface area contributed by atoms with Gasteiger partial charge in [0.15, 0.2) is 11.2 Å². The van der Waals surface area contributed by atoms with Gasteiger partial charge in [0.1, 0.15) is 0 Å². The largest absolute Gasteiger partial charge is 0.357 e. The summed E-state index contributed by atoms with van der Waals surface area (Å²) in [7, 11) is 3.48. The Bertz CT molecular complexity index is 1360. The maximum absolute atomic E-state index is 6.41. The Morgan fingerprint density at radius 1 is 0.417 bits per heavy atom. The molecule has 4 aromatic rings. The standard InChI is InChI=1S/C34H26O2/c1-35-33(29-15-7-3-11-25(29)19-20-26-12-4-8-16-30(26)33)23-24-34(36-2)31-17-9-5-13-27(31)21-22-28-14-6-10-18-32(28)34/h3-22H,1-2H3. The molecule has 174 valence electrons. The average Bonchev–Trinajstić information content (AvgIpc) is 3.18. The summed E-state index contributed by atoms with van der Waals surface area (Å²) in [5, 5.41) is 0. The lowest BCUT2D eigenvalue weighted by atomic mass is 9.79. The van der Waals surface area contributed by atoms with Crippen molar-refractivity contribution in [2.24, 2.45) is 0 Å². The normalized spacial score (nSPS) is 15.7. The highest BCUT2D eigenvalue weighted by Gasteiger charge is 2.41. The number of fused-ring (bicyclic) bond motifs is 4. The van der Waals surface area contributed by atoms with Crippen LogP contribution in [0.5, 0.6) is 0 Å². The second kappa shape index (κ2) is 8.81. The summed E-state index contributed by atoms with van der Waals surface area (Å²) in [6, 6.07) is 33.2. The fourth-order valence-electron chi connectivity index (χ4n) is 5.49. The number of benzene rings is 4. The van der Waals surface area contributed by atoms with Crippen molar-refractivity contribution in [1.82, 2.24) is 0 Å². The minimum absolute atomic E-state index is 0.980. The molecule has 0 spiro atoms. The van der Waals surface area contributed by atoms with Gasteiger partial charge in [-0.05, 0) is 22.3 Å². The van der Waals surface area contributed by atoms with Crippen LogP contribution in [0.15, 0.2) is 97.1 Å². The highest BCUT2D eigenvalue weighted by molar-refractivity contribution is 5.80. The van der Waals surface area contributed by atoms with Crippen LogP contribution in [0.3, 0.4) is 0 Å². The van der Waals surface area contributed by atoms with E-state index < -0.39 is 11.2 Å². The lowest BCUT2D eigenvalue weighted by Crippen LogP contribution is -2.33. The molecule has 36 heavy (non-hydrogen) atoms. The summed E-state index contributed by atoms with van der Waals surface area (Å²) in [6.45, 7) is 0. The summed E-state index contributed by atoms with van der Waals surface area (Å²) in [4.78, 5) is 0. The molecular formula is C34H26O2. The van der Waals surface area contributed by atoms with Crippen LogP contribution in [0.25, 0.3) is 24.3 Å². The minimum atomic E-state index is -0.980. The molecule has 0 atom stereocenters. The molecule has 0 fully saturated rings. The molecular weight excluding hydrogens is 440 g/mol. The lowest BCUT2D eigenvalue weighted by Gasteiger charge is -2.33.